The predicted molar refractivity (Wildman–Crippen MR) is 97.3 cm³/mol. The van der Waals surface area contributed by atoms with Gasteiger partial charge >= 0.3 is 0 Å². The van der Waals surface area contributed by atoms with E-state index in [9.17, 15) is 4.79 Å². The third kappa shape index (κ3) is 6.10. The minimum atomic E-state index is 0.0741. The van der Waals surface area contributed by atoms with Gasteiger partial charge in [-0.05, 0) is 37.9 Å². The summed E-state index contributed by atoms with van der Waals surface area (Å²) in [6.45, 7) is 6.08. The molecule has 2 aliphatic rings. The Bertz CT molecular complexity index is 517. The Kier molecular flexibility index (Phi) is 7.27. The van der Waals surface area contributed by atoms with Gasteiger partial charge in [0.05, 0.1) is 12.7 Å². The molecule has 0 spiro atoms. The van der Waals surface area contributed by atoms with Gasteiger partial charge in [0.2, 0.25) is 5.91 Å². The van der Waals surface area contributed by atoms with Gasteiger partial charge in [-0.3, -0.25) is 4.79 Å². The van der Waals surface area contributed by atoms with Gasteiger partial charge in [0.15, 0.2) is 0 Å². The smallest absolute Gasteiger partial charge is 0.248 e. The Hall–Kier alpha value is -1.43. The highest BCUT2D eigenvalue weighted by Crippen LogP contribution is 2.13. The molecule has 0 aromatic heterocycles. The summed E-state index contributed by atoms with van der Waals surface area (Å²) in [6, 6.07) is 9.97. The van der Waals surface area contributed by atoms with E-state index in [0.717, 1.165) is 44.8 Å². The van der Waals surface area contributed by atoms with Crippen molar-refractivity contribution in [2.45, 2.75) is 38.4 Å². The number of hydrogen-bond donors (Lipinski definition) is 0. The number of hydrogen-bond acceptors (Lipinski definition) is 4. The van der Waals surface area contributed by atoms with E-state index in [1.54, 1.807) is 0 Å². The average molecular weight is 346 g/mol. The lowest BCUT2D eigenvalue weighted by atomic mass is 10.1. The molecule has 3 rings (SSSR count). The van der Waals surface area contributed by atoms with E-state index in [0.29, 0.717) is 13.2 Å². The second kappa shape index (κ2) is 9.90. The van der Waals surface area contributed by atoms with E-state index >= 15 is 0 Å². The van der Waals surface area contributed by atoms with Crippen molar-refractivity contribution in [3.05, 3.63) is 35.9 Å². The zero-order chi connectivity index (χ0) is 17.3. The van der Waals surface area contributed by atoms with Crippen LogP contribution in [0.15, 0.2) is 30.3 Å². The van der Waals surface area contributed by atoms with Crippen LogP contribution in [0, 0.1) is 0 Å². The lowest BCUT2D eigenvalue weighted by Crippen LogP contribution is -2.44. The highest BCUT2D eigenvalue weighted by molar-refractivity contribution is 5.77. The fraction of sp³-hybridized carbons (Fsp3) is 0.650. The number of benzene rings is 1. The van der Waals surface area contributed by atoms with Gasteiger partial charge < -0.3 is 19.3 Å². The molecule has 0 aliphatic carbocycles. The van der Waals surface area contributed by atoms with Crippen molar-refractivity contribution in [3.8, 4) is 0 Å². The molecule has 0 saturated carbocycles. The summed E-state index contributed by atoms with van der Waals surface area (Å²) in [5.74, 6) is 0.0741. The molecule has 1 amide bonds. The van der Waals surface area contributed by atoms with Crippen LogP contribution in [0.3, 0.4) is 0 Å². The van der Waals surface area contributed by atoms with Crippen molar-refractivity contribution in [3.63, 3.8) is 0 Å². The fourth-order valence-corrected chi connectivity index (χ4v) is 3.58. The summed E-state index contributed by atoms with van der Waals surface area (Å²) >= 11 is 0. The van der Waals surface area contributed by atoms with Gasteiger partial charge in [0.25, 0.3) is 0 Å². The van der Waals surface area contributed by atoms with Crippen LogP contribution in [0.4, 0.5) is 0 Å². The molecule has 1 aromatic rings. The first-order valence-corrected chi connectivity index (χ1v) is 9.54. The van der Waals surface area contributed by atoms with Crippen molar-refractivity contribution >= 4 is 5.91 Å². The van der Waals surface area contributed by atoms with Crippen LogP contribution in [0.25, 0.3) is 0 Å². The third-order valence-corrected chi connectivity index (χ3v) is 4.95. The molecule has 0 N–H and O–H groups in total. The first-order valence-electron chi connectivity index (χ1n) is 9.54. The predicted octanol–water partition coefficient (Wildman–Crippen LogP) is 2.31. The van der Waals surface area contributed by atoms with Gasteiger partial charge in [0, 0.05) is 26.2 Å². The highest BCUT2D eigenvalue weighted by atomic mass is 16.5. The fourth-order valence-electron chi connectivity index (χ4n) is 3.58. The maximum atomic E-state index is 12.5. The van der Waals surface area contributed by atoms with Crippen LogP contribution in [0.1, 0.15) is 31.2 Å². The molecule has 2 aliphatic heterocycles. The number of carbonyl (C=O) groups excluding carboxylic acids is 1. The molecular weight excluding hydrogens is 316 g/mol. The molecular formula is C20H30N2O3. The van der Waals surface area contributed by atoms with Crippen molar-refractivity contribution in [2.24, 2.45) is 0 Å². The lowest BCUT2D eigenvalue weighted by molar-refractivity contribution is -0.137. The Morgan fingerprint density at radius 2 is 1.88 bits per heavy atom. The number of ether oxygens (including phenoxy) is 2. The number of nitrogens with zero attached hydrogens (tertiary/aromatic N) is 2. The van der Waals surface area contributed by atoms with Crippen molar-refractivity contribution < 1.29 is 14.3 Å². The van der Waals surface area contributed by atoms with Gasteiger partial charge in [0.1, 0.15) is 6.61 Å². The number of rotatable bonds is 6. The molecule has 2 saturated heterocycles. The molecule has 0 unspecified atom stereocenters. The normalized spacial score (nSPS) is 22.6. The van der Waals surface area contributed by atoms with E-state index < -0.39 is 0 Å². The SMILES string of the molecule is O=C(COCc1ccccc1)N1CCCO[C@H](CN2CCCCC2)C1. The van der Waals surface area contributed by atoms with Crippen LogP contribution in [0.2, 0.25) is 0 Å². The molecule has 0 bridgehead atoms. The first-order chi connectivity index (χ1) is 12.3. The summed E-state index contributed by atoms with van der Waals surface area (Å²) in [4.78, 5) is 16.9. The molecule has 0 radical (unpaired) electrons. The summed E-state index contributed by atoms with van der Waals surface area (Å²) in [6.07, 6.45) is 4.93. The Morgan fingerprint density at radius 1 is 1.08 bits per heavy atom. The van der Waals surface area contributed by atoms with Gasteiger partial charge in [-0.15, -0.1) is 0 Å². The van der Waals surface area contributed by atoms with Crippen LogP contribution in [-0.2, 0) is 20.9 Å². The molecule has 25 heavy (non-hydrogen) atoms. The van der Waals surface area contributed by atoms with E-state index in [1.165, 1.54) is 19.3 Å². The second-order valence-electron chi connectivity index (χ2n) is 7.03. The van der Waals surface area contributed by atoms with E-state index in [1.807, 2.05) is 35.2 Å². The van der Waals surface area contributed by atoms with Crippen LogP contribution < -0.4 is 0 Å². The van der Waals surface area contributed by atoms with Crippen LogP contribution >= 0.6 is 0 Å². The lowest BCUT2D eigenvalue weighted by Gasteiger charge is -2.31. The van der Waals surface area contributed by atoms with Gasteiger partial charge in [-0.25, -0.2) is 0 Å². The van der Waals surface area contributed by atoms with Crippen LogP contribution in [0.5, 0.6) is 0 Å². The van der Waals surface area contributed by atoms with Crippen LogP contribution in [-0.4, -0.2) is 67.7 Å². The summed E-state index contributed by atoms with van der Waals surface area (Å²) in [7, 11) is 0. The average Bonchev–Trinajstić information content (AvgIpc) is 2.89. The van der Waals surface area contributed by atoms with E-state index in [4.69, 9.17) is 9.47 Å². The first kappa shape index (κ1) is 18.4. The highest BCUT2D eigenvalue weighted by Gasteiger charge is 2.24. The molecule has 5 heteroatoms. The molecule has 1 atom stereocenters. The number of amides is 1. The zero-order valence-electron chi connectivity index (χ0n) is 15.1. The number of carbonyl (C=O) groups is 1. The zero-order valence-corrected chi connectivity index (χ0v) is 15.1. The minimum Gasteiger partial charge on any atom is -0.375 e. The molecule has 2 heterocycles. The Morgan fingerprint density at radius 3 is 2.68 bits per heavy atom. The van der Waals surface area contributed by atoms with Crippen molar-refractivity contribution in [1.82, 2.24) is 9.80 Å². The summed E-state index contributed by atoms with van der Waals surface area (Å²) < 4.78 is 11.6. The standard InChI is InChI=1S/C20H30N2O3/c23-20(17-24-16-18-8-3-1-4-9-18)22-12-7-13-25-19(15-22)14-21-10-5-2-6-11-21/h1,3-4,8-9,19H,2,5-7,10-17H2/t19-/m1/s1. The topological polar surface area (TPSA) is 42.0 Å². The quantitative estimate of drug-likeness (QED) is 0.793. The Balaban J connectivity index is 1.43. The third-order valence-electron chi connectivity index (χ3n) is 4.95. The van der Waals surface area contributed by atoms with Gasteiger partial charge in [-0.1, -0.05) is 36.8 Å². The maximum Gasteiger partial charge on any atom is 0.248 e. The summed E-state index contributed by atoms with van der Waals surface area (Å²) in [5, 5.41) is 0. The Labute approximate surface area is 150 Å². The minimum absolute atomic E-state index is 0.0741. The molecule has 5 nitrogen and oxygen atoms in total. The number of likely N-dealkylation sites (tertiary alicyclic amines) is 1. The second-order valence-corrected chi connectivity index (χ2v) is 7.03. The summed E-state index contributed by atoms with van der Waals surface area (Å²) in [5.41, 5.74) is 1.09. The monoisotopic (exact) mass is 346 g/mol. The van der Waals surface area contributed by atoms with Crippen molar-refractivity contribution in [2.75, 3.05) is 45.9 Å². The van der Waals surface area contributed by atoms with Crippen molar-refractivity contribution in [1.29, 1.82) is 0 Å². The van der Waals surface area contributed by atoms with E-state index in [-0.39, 0.29) is 18.6 Å². The molecule has 138 valence electrons. The number of piperidine rings is 1. The largest absolute Gasteiger partial charge is 0.375 e. The van der Waals surface area contributed by atoms with E-state index in [2.05, 4.69) is 4.90 Å². The van der Waals surface area contributed by atoms with Gasteiger partial charge in [-0.2, -0.15) is 0 Å². The maximum absolute atomic E-state index is 12.5. The molecule has 1 aromatic carbocycles. The molecule has 2 fully saturated rings.